The maximum absolute atomic E-state index is 13.2. The largest absolute Gasteiger partial charge is 0.497 e. The quantitative estimate of drug-likeness (QED) is 0.801. The lowest BCUT2D eigenvalue weighted by atomic mass is 10.1. The summed E-state index contributed by atoms with van der Waals surface area (Å²) in [5, 5.41) is 0.597. The summed E-state index contributed by atoms with van der Waals surface area (Å²) in [5.74, 6) is 1.35. The minimum Gasteiger partial charge on any atom is -0.497 e. The van der Waals surface area contributed by atoms with Crippen molar-refractivity contribution < 1.29 is 13.9 Å². The molecule has 1 aliphatic heterocycles. The van der Waals surface area contributed by atoms with Gasteiger partial charge in [0.1, 0.15) is 11.3 Å². The van der Waals surface area contributed by atoms with E-state index < -0.39 is 0 Å². The maximum Gasteiger partial charge on any atom is 0.204 e. The van der Waals surface area contributed by atoms with E-state index >= 15 is 0 Å². The summed E-state index contributed by atoms with van der Waals surface area (Å²) >= 11 is 0. The number of benzene rings is 1. The van der Waals surface area contributed by atoms with Gasteiger partial charge in [0.25, 0.3) is 0 Å². The molecule has 1 aromatic carbocycles. The first-order valence-electron chi connectivity index (χ1n) is 8.86. The zero-order valence-electron chi connectivity index (χ0n) is 15.2. The van der Waals surface area contributed by atoms with E-state index in [0.29, 0.717) is 42.4 Å². The van der Waals surface area contributed by atoms with Gasteiger partial charge in [-0.1, -0.05) is 0 Å². The van der Waals surface area contributed by atoms with Crippen molar-refractivity contribution in [2.75, 3.05) is 51.4 Å². The lowest BCUT2D eigenvalue weighted by Crippen LogP contribution is -2.38. The van der Waals surface area contributed by atoms with E-state index in [4.69, 9.17) is 13.9 Å². The van der Waals surface area contributed by atoms with Crippen molar-refractivity contribution in [3.8, 4) is 5.75 Å². The Morgan fingerprint density at radius 3 is 2.56 bits per heavy atom. The molecule has 0 N–H and O–H groups in total. The van der Waals surface area contributed by atoms with Crippen LogP contribution in [-0.4, -0.2) is 51.4 Å². The predicted molar refractivity (Wildman–Crippen MR) is 98.7 cm³/mol. The van der Waals surface area contributed by atoms with E-state index in [-0.39, 0.29) is 5.43 Å². The normalized spacial score (nSPS) is 15.5. The minimum absolute atomic E-state index is 0.0392. The maximum atomic E-state index is 13.2. The first kappa shape index (κ1) is 17.8. The van der Waals surface area contributed by atoms with Crippen molar-refractivity contribution in [2.45, 2.75) is 20.4 Å². The average Bonchev–Trinajstić information content (AvgIpc) is 2.66. The van der Waals surface area contributed by atoms with Gasteiger partial charge in [0, 0.05) is 38.8 Å². The molecule has 0 spiro atoms. The van der Waals surface area contributed by atoms with E-state index in [1.807, 2.05) is 0 Å². The molecule has 0 unspecified atom stereocenters. The van der Waals surface area contributed by atoms with Crippen LogP contribution in [0.5, 0.6) is 5.75 Å². The van der Waals surface area contributed by atoms with Crippen molar-refractivity contribution in [3.63, 3.8) is 0 Å². The van der Waals surface area contributed by atoms with Gasteiger partial charge in [-0.25, -0.2) is 0 Å². The molecule has 0 aliphatic carbocycles. The fraction of sp³-hybridized carbons (Fsp3) is 0.526. The molecule has 1 saturated heterocycles. The fourth-order valence-electron chi connectivity index (χ4n) is 3.22. The molecule has 6 heteroatoms. The van der Waals surface area contributed by atoms with Crippen LogP contribution in [0.25, 0.3) is 11.0 Å². The molecule has 0 atom stereocenters. The van der Waals surface area contributed by atoms with Crippen LogP contribution in [0.15, 0.2) is 27.4 Å². The second-order valence-corrected chi connectivity index (χ2v) is 6.14. The zero-order valence-corrected chi connectivity index (χ0v) is 15.2. The second-order valence-electron chi connectivity index (χ2n) is 6.14. The summed E-state index contributed by atoms with van der Waals surface area (Å²) in [5.41, 5.74) is 1.33. The van der Waals surface area contributed by atoms with Crippen LogP contribution in [-0.2, 0) is 11.3 Å². The molecule has 0 bridgehead atoms. The molecule has 25 heavy (non-hydrogen) atoms. The van der Waals surface area contributed by atoms with Crippen LogP contribution in [0, 0.1) is 0 Å². The van der Waals surface area contributed by atoms with Gasteiger partial charge in [0.2, 0.25) is 5.88 Å². The van der Waals surface area contributed by atoms with Gasteiger partial charge in [-0.3, -0.25) is 9.69 Å². The molecule has 3 rings (SSSR count). The minimum atomic E-state index is 0.0392. The lowest BCUT2D eigenvalue weighted by molar-refractivity contribution is 0.0339. The third-order valence-corrected chi connectivity index (χ3v) is 4.71. The number of methoxy groups -OCH3 is 1. The Bertz CT molecular complexity index is 777. The molecule has 0 saturated carbocycles. The van der Waals surface area contributed by atoms with E-state index in [1.54, 1.807) is 25.3 Å². The molecule has 136 valence electrons. The fourth-order valence-corrected chi connectivity index (χ4v) is 3.22. The van der Waals surface area contributed by atoms with E-state index in [9.17, 15) is 4.79 Å². The monoisotopic (exact) mass is 346 g/mol. The number of hydrogen-bond donors (Lipinski definition) is 0. The summed E-state index contributed by atoms with van der Waals surface area (Å²) in [4.78, 5) is 17.5. The number of nitrogens with zero attached hydrogens (tertiary/aromatic N) is 2. The van der Waals surface area contributed by atoms with Gasteiger partial charge in [0.05, 0.1) is 31.3 Å². The lowest BCUT2D eigenvalue weighted by Gasteiger charge is -2.28. The van der Waals surface area contributed by atoms with Crippen molar-refractivity contribution in [2.24, 2.45) is 0 Å². The molecule has 1 aromatic heterocycles. The van der Waals surface area contributed by atoms with Crippen molar-refractivity contribution >= 4 is 16.9 Å². The highest BCUT2D eigenvalue weighted by Crippen LogP contribution is 2.27. The number of fused-ring (bicyclic) bond motifs is 1. The molecule has 0 amide bonds. The Balaban J connectivity index is 2.12. The molecular formula is C19H26N2O4. The highest BCUT2D eigenvalue weighted by atomic mass is 16.5. The van der Waals surface area contributed by atoms with Gasteiger partial charge in [-0.2, -0.15) is 0 Å². The van der Waals surface area contributed by atoms with Gasteiger partial charge >= 0.3 is 0 Å². The third kappa shape index (κ3) is 3.65. The van der Waals surface area contributed by atoms with Crippen LogP contribution < -0.4 is 15.1 Å². The number of hydrogen-bond acceptors (Lipinski definition) is 6. The molecular weight excluding hydrogens is 320 g/mol. The smallest absolute Gasteiger partial charge is 0.204 e. The van der Waals surface area contributed by atoms with Crippen molar-refractivity contribution in [1.29, 1.82) is 0 Å². The molecule has 2 heterocycles. The topological polar surface area (TPSA) is 55.2 Å². The summed E-state index contributed by atoms with van der Waals surface area (Å²) in [6.45, 7) is 9.36. The molecule has 1 fully saturated rings. The number of ether oxygens (including phenoxy) is 2. The van der Waals surface area contributed by atoms with Crippen LogP contribution >= 0.6 is 0 Å². The van der Waals surface area contributed by atoms with E-state index in [1.165, 1.54) is 0 Å². The van der Waals surface area contributed by atoms with Crippen LogP contribution in [0.3, 0.4) is 0 Å². The third-order valence-electron chi connectivity index (χ3n) is 4.71. The highest BCUT2D eigenvalue weighted by Gasteiger charge is 2.22. The van der Waals surface area contributed by atoms with E-state index in [2.05, 4.69) is 23.6 Å². The SMILES string of the molecule is CCN(CC)c1oc2cc(OC)ccc2c(=O)c1CN1CCOCC1. The zero-order chi connectivity index (χ0) is 17.8. The van der Waals surface area contributed by atoms with Gasteiger partial charge in [0.15, 0.2) is 5.43 Å². The van der Waals surface area contributed by atoms with Crippen LogP contribution in [0.2, 0.25) is 0 Å². The standard InChI is InChI=1S/C19H26N2O4/c1-4-21(5-2)19-16(13-20-8-10-24-11-9-20)18(22)15-7-6-14(23-3)12-17(15)25-19/h6-7,12H,4-5,8-11,13H2,1-3H3. The first-order chi connectivity index (χ1) is 12.2. The highest BCUT2D eigenvalue weighted by molar-refractivity contribution is 5.80. The van der Waals surface area contributed by atoms with Gasteiger partial charge in [-0.05, 0) is 26.0 Å². The predicted octanol–water partition coefficient (Wildman–Crippen LogP) is 2.48. The van der Waals surface area contributed by atoms with Gasteiger partial charge < -0.3 is 18.8 Å². The molecule has 6 nitrogen and oxygen atoms in total. The number of anilines is 1. The first-order valence-corrected chi connectivity index (χ1v) is 8.86. The second kappa shape index (κ2) is 7.89. The summed E-state index contributed by atoms with van der Waals surface area (Å²) in [6.07, 6.45) is 0. The molecule has 1 aliphatic rings. The van der Waals surface area contributed by atoms with Crippen LogP contribution in [0.4, 0.5) is 5.88 Å². The van der Waals surface area contributed by atoms with Crippen LogP contribution in [0.1, 0.15) is 19.4 Å². The Hall–Kier alpha value is -2.05. The van der Waals surface area contributed by atoms with Crippen molar-refractivity contribution in [1.82, 2.24) is 4.90 Å². The Morgan fingerprint density at radius 2 is 1.92 bits per heavy atom. The summed E-state index contributed by atoms with van der Waals surface area (Å²) in [7, 11) is 1.61. The van der Waals surface area contributed by atoms with Crippen molar-refractivity contribution in [3.05, 3.63) is 34.0 Å². The average molecular weight is 346 g/mol. The Labute approximate surface area is 147 Å². The summed E-state index contributed by atoms with van der Waals surface area (Å²) in [6, 6.07) is 5.37. The number of morpholine rings is 1. The van der Waals surface area contributed by atoms with Gasteiger partial charge in [-0.15, -0.1) is 0 Å². The number of rotatable bonds is 6. The molecule has 2 aromatic rings. The Morgan fingerprint density at radius 1 is 1.20 bits per heavy atom. The summed E-state index contributed by atoms with van der Waals surface area (Å²) < 4.78 is 16.9. The Kier molecular flexibility index (Phi) is 5.60. The molecule has 0 radical (unpaired) electrons. The van der Waals surface area contributed by atoms with E-state index in [0.717, 1.165) is 31.7 Å².